The summed E-state index contributed by atoms with van der Waals surface area (Å²) >= 11 is 0. The number of nitrogens with zero attached hydrogens (tertiary/aromatic N) is 5. The van der Waals surface area contributed by atoms with Gasteiger partial charge in [-0.05, 0) is 18.2 Å². The Morgan fingerprint density at radius 1 is 1.18 bits per heavy atom. The number of H-pyrrole nitrogens is 1. The number of anilines is 2. The summed E-state index contributed by atoms with van der Waals surface area (Å²) < 4.78 is 31.7. The van der Waals surface area contributed by atoms with Gasteiger partial charge in [0.15, 0.2) is 0 Å². The van der Waals surface area contributed by atoms with E-state index in [4.69, 9.17) is 9.90 Å². The van der Waals surface area contributed by atoms with E-state index in [9.17, 15) is 18.4 Å². The van der Waals surface area contributed by atoms with Gasteiger partial charge in [0.25, 0.3) is 0 Å². The summed E-state index contributed by atoms with van der Waals surface area (Å²) in [5.74, 6) is -1.31. The number of aliphatic carboxylic acids is 1. The van der Waals surface area contributed by atoms with Crippen LogP contribution in [0.5, 0.6) is 0 Å². The first-order valence-electron chi connectivity index (χ1n) is 10.1. The molecule has 4 rings (SSSR count). The maximum atomic E-state index is 10.6. The summed E-state index contributed by atoms with van der Waals surface area (Å²) in [7, 11) is 1.78. The Balaban J connectivity index is 0.000000406. The fourth-order valence-electron chi connectivity index (χ4n) is 3.17. The molecule has 1 saturated heterocycles. The molecule has 13 heteroatoms. The van der Waals surface area contributed by atoms with Gasteiger partial charge in [-0.3, -0.25) is 4.98 Å². The lowest BCUT2D eigenvalue weighted by atomic mass is 10.1. The standard InChI is InChI=1S/C19H20N8.C2HF3O2/c1-21-19-24-11-15(12-25-19)16-8-13(2-3-23-16)17-9-14(10-20)18(26-17)27-6-4-22-5-7-27;3-2(4,5)1(6)7/h2-3,8-9,11-12,22,26H,4-7H2,1H3,(H,21,24,25);(H,6,7). The molecular formula is C21H21F3N8O2. The molecule has 0 amide bonds. The maximum Gasteiger partial charge on any atom is 0.490 e. The van der Waals surface area contributed by atoms with Crippen LogP contribution in [0.3, 0.4) is 0 Å². The summed E-state index contributed by atoms with van der Waals surface area (Å²) in [6, 6.07) is 8.12. The van der Waals surface area contributed by atoms with Crippen LogP contribution in [-0.2, 0) is 4.79 Å². The van der Waals surface area contributed by atoms with Crippen molar-refractivity contribution in [2.75, 3.05) is 43.4 Å². The van der Waals surface area contributed by atoms with Crippen LogP contribution < -0.4 is 15.5 Å². The molecule has 0 aromatic carbocycles. The van der Waals surface area contributed by atoms with E-state index in [0.29, 0.717) is 11.5 Å². The van der Waals surface area contributed by atoms with Gasteiger partial charge in [-0.25, -0.2) is 14.8 Å². The first-order valence-corrected chi connectivity index (χ1v) is 10.1. The first-order chi connectivity index (χ1) is 16.2. The number of carbonyl (C=O) groups is 1. The minimum absolute atomic E-state index is 0.568. The van der Waals surface area contributed by atoms with E-state index in [-0.39, 0.29) is 0 Å². The topological polar surface area (TPSA) is 143 Å². The summed E-state index contributed by atoms with van der Waals surface area (Å²) in [5, 5.41) is 22.9. The average Bonchev–Trinajstić information content (AvgIpc) is 3.29. The highest BCUT2D eigenvalue weighted by Gasteiger charge is 2.38. The van der Waals surface area contributed by atoms with Crippen molar-refractivity contribution >= 4 is 17.7 Å². The molecule has 0 saturated carbocycles. The number of pyridine rings is 1. The van der Waals surface area contributed by atoms with Crippen LogP contribution in [0.4, 0.5) is 24.9 Å². The van der Waals surface area contributed by atoms with Crippen LogP contribution in [0.25, 0.3) is 22.5 Å². The second kappa shape index (κ2) is 10.6. The first kappa shape index (κ1) is 24.5. The van der Waals surface area contributed by atoms with Crippen molar-refractivity contribution in [1.82, 2.24) is 25.3 Å². The Morgan fingerprint density at radius 3 is 2.38 bits per heavy atom. The molecule has 1 fully saturated rings. The van der Waals surface area contributed by atoms with Crippen LogP contribution in [0, 0.1) is 11.3 Å². The van der Waals surface area contributed by atoms with Crippen molar-refractivity contribution in [2.45, 2.75) is 6.18 Å². The van der Waals surface area contributed by atoms with Gasteiger partial charge in [-0.15, -0.1) is 0 Å². The molecule has 4 N–H and O–H groups in total. The number of hydrogen-bond donors (Lipinski definition) is 4. The highest BCUT2D eigenvalue weighted by Crippen LogP contribution is 2.29. The van der Waals surface area contributed by atoms with Crippen LogP contribution >= 0.6 is 0 Å². The number of alkyl halides is 3. The van der Waals surface area contributed by atoms with E-state index in [1.165, 1.54) is 0 Å². The van der Waals surface area contributed by atoms with Gasteiger partial charge in [0.1, 0.15) is 11.9 Å². The highest BCUT2D eigenvalue weighted by atomic mass is 19.4. The number of hydrogen-bond acceptors (Lipinski definition) is 8. The molecule has 3 aromatic rings. The molecule has 0 bridgehead atoms. The molecular weight excluding hydrogens is 453 g/mol. The molecule has 178 valence electrons. The molecule has 34 heavy (non-hydrogen) atoms. The van der Waals surface area contributed by atoms with Gasteiger partial charge in [-0.2, -0.15) is 18.4 Å². The number of rotatable bonds is 4. The minimum Gasteiger partial charge on any atom is -0.475 e. The molecule has 0 spiro atoms. The Bertz CT molecular complexity index is 1170. The lowest BCUT2D eigenvalue weighted by Crippen LogP contribution is -2.44. The lowest BCUT2D eigenvalue weighted by molar-refractivity contribution is -0.192. The Kier molecular flexibility index (Phi) is 7.64. The summed E-state index contributed by atoms with van der Waals surface area (Å²) in [6.07, 6.45) is 0.160. The van der Waals surface area contributed by atoms with Crippen LogP contribution in [-0.4, -0.2) is 70.4 Å². The van der Waals surface area contributed by atoms with Crippen molar-refractivity contribution in [3.05, 3.63) is 42.4 Å². The van der Waals surface area contributed by atoms with Crippen molar-refractivity contribution in [2.24, 2.45) is 0 Å². The summed E-state index contributed by atoms with van der Waals surface area (Å²) in [4.78, 5) is 27.4. The SMILES string of the molecule is CNc1ncc(-c2cc(-c3cc(C#N)c(N4CCNCC4)[nH]3)ccn2)cn1.O=C(O)C(F)(F)F. The smallest absolute Gasteiger partial charge is 0.475 e. The van der Waals surface area contributed by atoms with Crippen LogP contribution in [0.15, 0.2) is 36.8 Å². The van der Waals surface area contributed by atoms with E-state index in [1.807, 2.05) is 18.2 Å². The third-order valence-corrected chi connectivity index (χ3v) is 4.84. The van der Waals surface area contributed by atoms with E-state index >= 15 is 0 Å². The van der Waals surface area contributed by atoms with Crippen LogP contribution in [0.1, 0.15) is 5.56 Å². The van der Waals surface area contributed by atoms with E-state index < -0.39 is 12.1 Å². The molecule has 1 aliphatic heterocycles. The molecule has 0 atom stereocenters. The number of carboxylic acids is 1. The summed E-state index contributed by atoms with van der Waals surface area (Å²) in [5.41, 5.74) is 4.15. The zero-order valence-corrected chi connectivity index (χ0v) is 18.0. The van der Waals surface area contributed by atoms with Crippen LogP contribution in [0.2, 0.25) is 0 Å². The fourth-order valence-corrected chi connectivity index (χ4v) is 3.17. The number of nitrogens with one attached hydrogen (secondary N) is 3. The van der Waals surface area contributed by atoms with Gasteiger partial charge in [-0.1, -0.05) is 0 Å². The molecule has 0 radical (unpaired) electrons. The fraction of sp³-hybridized carbons (Fsp3) is 0.286. The number of piperazine rings is 1. The Hall–Kier alpha value is -4.18. The van der Waals surface area contributed by atoms with Gasteiger partial charge < -0.3 is 25.6 Å². The molecule has 4 heterocycles. The third-order valence-electron chi connectivity index (χ3n) is 4.84. The predicted octanol–water partition coefficient (Wildman–Crippen LogP) is 2.49. The van der Waals surface area contributed by atoms with E-state index in [1.54, 1.807) is 25.6 Å². The second-order valence-electron chi connectivity index (χ2n) is 7.07. The normalized spacial score (nSPS) is 13.4. The van der Waals surface area contributed by atoms with Gasteiger partial charge in [0.2, 0.25) is 5.95 Å². The lowest BCUT2D eigenvalue weighted by Gasteiger charge is -2.28. The zero-order chi connectivity index (χ0) is 24.7. The zero-order valence-electron chi connectivity index (χ0n) is 18.0. The van der Waals surface area contributed by atoms with E-state index in [2.05, 4.69) is 41.5 Å². The quantitative estimate of drug-likeness (QED) is 0.448. The predicted molar refractivity (Wildman–Crippen MR) is 118 cm³/mol. The molecule has 10 nitrogen and oxygen atoms in total. The molecule has 1 aliphatic rings. The molecule has 0 aliphatic carbocycles. The third kappa shape index (κ3) is 5.99. The van der Waals surface area contributed by atoms with Gasteiger partial charge >= 0.3 is 12.1 Å². The molecule has 0 unspecified atom stereocenters. The van der Waals surface area contributed by atoms with Gasteiger partial charge in [0.05, 0.1) is 11.3 Å². The number of carboxylic acid groups (broad SMARTS) is 1. The Labute approximate surface area is 192 Å². The van der Waals surface area contributed by atoms with Crippen molar-refractivity contribution < 1.29 is 23.1 Å². The summed E-state index contributed by atoms with van der Waals surface area (Å²) in [6.45, 7) is 3.60. The number of aromatic amines is 1. The monoisotopic (exact) mass is 474 g/mol. The largest absolute Gasteiger partial charge is 0.490 e. The van der Waals surface area contributed by atoms with Gasteiger partial charge in [0, 0.05) is 68.6 Å². The second-order valence-corrected chi connectivity index (χ2v) is 7.07. The van der Waals surface area contributed by atoms with Crippen molar-refractivity contribution in [1.29, 1.82) is 5.26 Å². The average molecular weight is 474 g/mol. The number of aromatic nitrogens is 4. The molecule has 3 aromatic heterocycles. The minimum atomic E-state index is -5.08. The number of nitriles is 1. The van der Waals surface area contributed by atoms with E-state index in [0.717, 1.165) is 54.5 Å². The Morgan fingerprint density at radius 2 is 1.82 bits per heavy atom. The van der Waals surface area contributed by atoms with Crippen molar-refractivity contribution in [3.63, 3.8) is 0 Å². The maximum absolute atomic E-state index is 10.6. The number of halogens is 3. The highest BCUT2D eigenvalue weighted by molar-refractivity contribution is 5.73. The van der Waals surface area contributed by atoms with Crippen molar-refractivity contribution in [3.8, 4) is 28.6 Å².